The molecule has 11 rings (SSSR count). The van der Waals surface area contributed by atoms with Gasteiger partial charge in [0.05, 0.1) is 21.3 Å². The summed E-state index contributed by atoms with van der Waals surface area (Å²) in [7, 11) is 0. The molecular formula is C52H39N3S. The van der Waals surface area contributed by atoms with Crippen molar-refractivity contribution in [1.82, 2.24) is 4.40 Å². The van der Waals surface area contributed by atoms with Crippen LogP contribution in [0.1, 0.15) is 22.3 Å². The van der Waals surface area contributed by atoms with Gasteiger partial charge in [-0.1, -0.05) is 78.9 Å². The molecule has 0 aliphatic heterocycles. The highest BCUT2D eigenvalue weighted by Crippen LogP contribution is 2.50. The average molecular weight is 738 g/mol. The molecule has 11 aromatic rings. The summed E-state index contributed by atoms with van der Waals surface area (Å²) in [6, 6.07) is 60.8. The molecule has 0 aliphatic carbocycles. The molecule has 0 spiro atoms. The van der Waals surface area contributed by atoms with E-state index >= 15 is 0 Å². The Bertz CT molecular complexity index is 3240. The van der Waals surface area contributed by atoms with Gasteiger partial charge in [0, 0.05) is 60.4 Å². The van der Waals surface area contributed by atoms with Crippen LogP contribution in [0.2, 0.25) is 0 Å². The second kappa shape index (κ2) is 12.5. The van der Waals surface area contributed by atoms with Crippen LogP contribution in [0, 0.1) is 27.7 Å². The summed E-state index contributed by atoms with van der Waals surface area (Å²) >= 11 is 1.92. The third kappa shape index (κ3) is 5.03. The molecule has 56 heavy (non-hydrogen) atoms. The van der Waals surface area contributed by atoms with E-state index in [4.69, 9.17) is 0 Å². The summed E-state index contributed by atoms with van der Waals surface area (Å²) in [5.41, 5.74) is 15.7. The third-order valence-electron chi connectivity index (χ3n) is 11.4. The van der Waals surface area contributed by atoms with Crippen LogP contribution in [-0.4, -0.2) is 4.40 Å². The number of hydrogen-bond acceptors (Lipinski definition) is 3. The summed E-state index contributed by atoms with van der Waals surface area (Å²) in [5.74, 6) is 0. The van der Waals surface area contributed by atoms with E-state index in [0.29, 0.717) is 0 Å². The van der Waals surface area contributed by atoms with Crippen LogP contribution in [-0.2, 0) is 0 Å². The van der Waals surface area contributed by atoms with E-state index in [1.807, 2.05) is 11.3 Å². The van der Waals surface area contributed by atoms with Crippen LogP contribution in [0.25, 0.3) is 58.3 Å². The number of rotatable bonds is 6. The molecule has 268 valence electrons. The number of benzene rings is 8. The third-order valence-corrected chi connectivity index (χ3v) is 12.6. The van der Waals surface area contributed by atoms with E-state index in [9.17, 15) is 0 Å². The lowest BCUT2D eigenvalue weighted by atomic mass is 10.0. The molecule has 0 saturated heterocycles. The van der Waals surface area contributed by atoms with Crippen molar-refractivity contribution in [2.75, 3.05) is 9.80 Å². The molecular weight excluding hydrogens is 699 g/mol. The standard InChI is InChI=1S/C52H39N3S/c1-32-11-7-15-37(25-32)53(38-16-8-12-33(2)26-38)41-22-21-36-29-46-43-24-23-42(54(39-17-9-13-34(3)27-39)40-18-10-14-35(4)28-40)31-47(43)55-50(46)49(45(36)30-41)52-51(55)44-19-5-6-20-48(44)56-52/h5-31H,1-4H3. The van der Waals surface area contributed by atoms with Gasteiger partial charge in [0.15, 0.2) is 0 Å². The summed E-state index contributed by atoms with van der Waals surface area (Å²) in [5, 5.41) is 7.71. The maximum atomic E-state index is 2.58. The van der Waals surface area contributed by atoms with E-state index in [0.717, 1.165) is 34.1 Å². The number of anilines is 6. The van der Waals surface area contributed by atoms with Gasteiger partial charge in [-0.15, -0.1) is 11.3 Å². The van der Waals surface area contributed by atoms with Crippen LogP contribution in [0.15, 0.2) is 164 Å². The highest BCUT2D eigenvalue weighted by Gasteiger charge is 2.25. The molecule has 4 heteroatoms. The maximum absolute atomic E-state index is 2.58. The molecule has 0 aliphatic rings. The zero-order valence-electron chi connectivity index (χ0n) is 31.8. The van der Waals surface area contributed by atoms with Crippen LogP contribution in [0.5, 0.6) is 0 Å². The number of aromatic nitrogens is 1. The fraction of sp³-hybridized carbons (Fsp3) is 0.0769. The molecule has 0 saturated carbocycles. The summed E-state index contributed by atoms with van der Waals surface area (Å²) in [6.45, 7) is 8.68. The van der Waals surface area contributed by atoms with E-state index in [1.165, 1.54) is 80.5 Å². The van der Waals surface area contributed by atoms with Crippen LogP contribution in [0.4, 0.5) is 34.1 Å². The Morgan fingerprint density at radius 1 is 0.393 bits per heavy atom. The van der Waals surface area contributed by atoms with Crippen LogP contribution in [0.3, 0.4) is 0 Å². The Morgan fingerprint density at radius 3 is 1.48 bits per heavy atom. The lowest BCUT2D eigenvalue weighted by molar-refractivity contribution is 1.26. The Kier molecular flexibility index (Phi) is 7.29. The van der Waals surface area contributed by atoms with E-state index in [2.05, 4.69) is 206 Å². The first-order chi connectivity index (χ1) is 27.4. The predicted molar refractivity (Wildman–Crippen MR) is 242 cm³/mol. The van der Waals surface area contributed by atoms with Crippen LogP contribution < -0.4 is 9.80 Å². The highest BCUT2D eigenvalue weighted by molar-refractivity contribution is 7.26. The van der Waals surface area contributed by atoms with Crippen molar-refractivity contribution in [1.29, 1.82) is 0 Å². The molecule has 0 amide bonds. The number of thiophene rings is 1. The topological polar surface area (TPSA) is 10.9 Å². The number of fused-ring (bicyclic) bond motifs is 10. The fourth-order valence-electron chi connectivity index (χ4n) is 8.99. The quantitative estimate of drug-likeness (QED) is 0.168. The van der Waals surface area contributed by atoms with Crippen molar-refractivity contribution < 1.29 is 0 Å². The molecule has 3 aromatic heterocycles. The van der Waals surface area contributed by atoms with E-state index < -0.39 is 0 Å². The van der Waals surface area contributed by atoms with Gasteiger partial charge in [-0.25, -0.2) is 0 Å². The fourth-order valence-corrected chi connectivity index (χ4v) is 10.2. The Balaban J connectivity index is 1.22. The first-order valence-corrected chi connectivity index (χ1v) is 20.2. The number of hydrogen-bond donors (Lipinski definition) is 0. The molecule has 0 fully saturated rings. The molecule has 0 N–H and O–H groups in total. The van der Waals surface area contributed by atoms with Crippen molar-refractivity contribution in [3.05, 3.63) is 186 Å². The van der Waals surface area contributed by atoms with Gasteiger partial charge in [0.2, 0.25) is 0 Å². The second-order valence-electron chi connectivity index (χ2n) is 15.4. The summed E-state index contributed by atoms with van der Waals surface area (Å²) in [6.07, 6.45) is 0. The number of nitrogens with zero attached hydrogens (tertiary/aromatic N) is 3. The predicted octanol–water partition coefficient (Wildman–Crippen LogP) is 15.4. The molecule has 0 unspecified atom stereocenters. The van der Waals surface area contributed by atoms with Gasteiger partial charge < -0.3 is 14.2 Å². The van der Waals surface area contributed by atoms with Gasteiger partial charge in [-0.3, -0.25) is 0 Å². The molecule has 0 atom stereocenters. The van der Waals surface area contributed by atoms with Gasteiger partial charge >= 0.3 is 0 Å². The van der Waals surface area contributed by atoms with Crippen LogP contribution >= 0.6 is 11.3 Å². The Labute approximate surface area is 330 Å². The van der Waals surface area contributed by atoms with Crippen molar-refractivity contribution in [3.63, 3.8) is 0 Å². The molecule has 0 radical (unpaired) electrons. The van der Waals surface area contributed by atoms with Gasteiger partial charge in [0.1, 0.15) is 0 Å². The normalized spacial score (nSPS) is 11.9. The summed E-state index contributed by atoms with van der Waals surface area (Å²) < 4.78 is 5.23. The molecule has 8 aromatic carbocycles. The highest BCUT2D eigenvalue weighted by atomic mass is 32.1. The van der Waals surface area contributed by atoms with Crippen molar-refractivity contribution in [2.45, 2.75) is 27.7 Å². The minimum absolute atomic E-state index is 1.14. The summed E-state index contributed by atoms with van der Waals surface area (Å²) in [4.78, 5) is 4.81. The zero-order chi connectivity index (χ0) is 37.7. The van der Waals surface area contributed by atoms with Gasteiger partial charge in [0.25, 0.3) is 0 Å². The monoisotopic (exact) mass is 737 g/mol. The molecule has 3 nitrogen and oxygen atoms in total. The van der Waals surface area contributed by atoms with E-state index in [-0.39, 0.29) is 0 Å². The second-order valence-corrected chi connectivity index (χ2v) is 16.4. The van der Waals surface area contributed by atoms with Gasteiger partial charge in [-0.05, 0) is 146 Å². The Hall–Kier alpha value is -6.62. The van der Waals surface area contributed by atoms with Crippen molar-refractivity contribution >= 4 is 104 Å². The molecule has 3 heterocycles. The van der Waals surface area contributed by atoms with Crippen molar-refractivity contribution in [3.8, 4) is 0 Å². The van der Waals surface area contributed by atoms with Gasteiger partial charge in [-0.2, -0.15) is 0 Å². The lowest BCUT2D eigenvalue weighted by Crippen LogP contribution is -2.10. The first-order valence-electron chi connectivity index (χ1n) is 19.3. The Morgan fingerprint density at radius 2 is 0.911 bits per heavy atom. The zero-order valence-corrected chi connectivity index (χ0v) is 32.7. The maximum Gasteiger partial charge on any atom is 0.0728 e. The average Bonchev–Trinajstić information content (AvgIpc) is 3.83. The smallest absolute Gasteiger partial charge is 0.0728 e. The van der Waals surface area contributed by atoms with Crippen molar-refractivity contribution in [2.24, 2.45) is 0 Å². The van der Waals surface area contributed by atoms with E-state index in [1.54, 1.807) is 0 Å². The minimum Gasteiger partial charge on any atom is -0.310 e. The number of aryl methyl sites for hydroxylation is 4. The SMILES string of the molecule is Cc1cccc(N(c2cccc(C)c2)c2ccc3cc4c5ccc(N(c6cccc(C)c6)c6cccc(C)c6)cc5n5c6c7ccccc7sc6c(c3c2)c45)c1. The molecule has 0 bridgehead atoms. The first kappa shape index (κ1) is 32.8. The largest absolute Gasteiger partial charge is 0.310 e. The minimum atomic E-state index is 1.14. The lowest BCUT2D eigenvalue weighted by Gasteiger charge is -2.26.